The Hall–Kier alpha value is -2.26. The van der Waals surface area contributed by atoms with Crippen molar-refractivity contribution in [1.29, 1.82) is 0 Å². The maximum absolute atomic E-state index is 12.8. The van der Waals surface area contributed by atoms with Gasteiger partial charge in [0, 0.05) is 22.7 Å². The molecule has 1 heterocycles. The molecule has 0 saturated heterocycles. The summed E-state index contributed by atoms with van der Waals surface area (Å²) in [5, 5.41) is 16.8. The van der Waals surface area contributed by atoms with Crippen molar-refractivity contribution in [2.75, 3.05) is 11.4 Å². The number of β-amino-alcohol motifs (C(OH)–C–C–N with tert-alkyl or cyclic N) is 1. The molecule has 0 aliphatic carbocycles. The lowest BCUT2D eigenvalue weighted by Crippen LogP contribution is -2.42. The van der Waals surface area contributed by atoms with E-state index in [1.165, 1.54) is 12.1 Å². The van der Waals surface area contributed by atoms with E-state index in [9.17, 15) is 18.3 Å². The van der Waals surface area contributed by atoms with Crippen LogP contribution in [0.1, 0.15) is 44.6 Å². The maximum atomic E-state index is 12.8. The number of sulfonamides is 1. The van der Waals surface area contributed by atoms with Gasteiger partial charge in [0.1, 0.15) is 5.84 Å². The summed E-state index contributed by atoms with van der Waals surface area (Å²) in [5.41, 5.74) is -0.620. The molecule has 3 N–H and O–H groups in total. The summed E-state index contributed by atoms with van der Waals surface area (Å²) < 4.78 is 23.1. The van der Waals surface area contributed by atoms with Gasteiger partial charge in [-0.3, -0.25) is 4.79 Å². The molecule has 1 unspecified atom stereocenters. The van der Waals surface area contributed by atoms with Gasteiger partial charge >= 0.3 is 0 Å². The normalized spacial score (nSPS) is 18.8. The fraction of sp³-hybridized carbons (Fsp3) is 0.364. The Kier molecular flexibility index (Phi) is 7.16. The monoisotopic (exact) mass is 463 g/mol. The van der Waals surface area contributed by atoms with E-state index < -0.39 is 15.7 Å². The number of amidine groups is 1. The molecule has 0 saturated carbocycles. The predicted octanol–water partition coefficient (Wildman–Crippen LogP) is 3.48. The Morgan fingerprint density at radius 2 is 1.77 bits per heavy atom. The Labute approximate surface area is 187 Å². The standard InChI is InChI=1S/C22H26ClN3O4S/c1-2-3-4-5-6-20(27)22(28)15-26(18-11-9-17(23)10-12-18)21(25-22)16-7-13-19(14-8-16)31(24,29)30/h7-14,28H,2-6,15H2,1H3,(H2,24,29,30). The molecule has 1 aliphatic heterocycles. The number of Topliss-reactive ketones (excluding diaryl/α,β-unsaturated/α-hetero) is 1. The summed E-state index contributed by atoms with van der Waals surface area (Å²) in [6, 6.07) is 12.8. The molecular formula is C22H26ClN3O4S. The van der Waals surface area contributed by atoms with Crippen LogP contribution in [0.15, 0.2) is 58.4 Å². The van der Waals surface area contributed by atoms with Gasteiger partial charge < -0.3 is 10.0 Å². The van der Waals surface area contributed by atoms with Crippen molar-refractivity contribution in [3.05, 3.63) is 59.1 Å². The van der Waals surface area contributed by atoms with Crippen LogP contribution in [-0.4, -0.2) is 37.4 Å². The molecule has 3 rings (SSSR count). The van der Waals surface area contributed by atoms with Crippen molar-refractivity contribution in [2.24, 2.45) is 10.1 Å². The van der Waals surface area contributed by atoms with Crippen LogP contribution < -0.4 is 10.0 Å². The van der Waals surface area contributed by atoms with E-state index in [1.807, 2.05) is 0 Å². The van der Waals surface area contributed by atoms with E-state index in [0.29, 0.717) is 28.5 Å². The molecule has 0 amide bonds. The Morgan fingerprint density at radius 3 is 2.35 bits per heavy atom. The second-order valence-corrected chi connectivity index (χ2v) is 9.62. The molecule has 0 aromatic heterocycles. The third-order valence-corrected chi connectivity index (χ3v) is 6.39. The minimum Gasteiger partial charge on any atom is -0.362 e. The number of rotatable bonds is 9. The van der Waals surface area contributed by atoms with E-state index >= 15 is 0 Å². The third kappa shape index (κ3) is 5.51. The molecule has 31 heavy (non-hydrogen) atoms. The number of carbonyl (C=O) groups is 1. The summed E-state index contributed by atoms with van der Waals surface area (Å²) in [7, 11) is -3.84. The van der Waals surface area contributed by atoms with Gasteiger partial charge in [-0.1, -0.05) is 37.8 Å². The molecule has 7 nitrogen and oxygen atoms in total. The van der Waals surface area contributed by atoms with Gasteiger partial charge in [-0.25, -0.2) is 18.5 Å². The molecule has 1 atom stereocenters. The lowest BCUT2D eigenvalue weighted by Gasteiger charge is -2.23. The fourth-order valence-corrected chi connectivity index (χ4v) is 4.12. The van der Waals surface area contributed by atoms with Crippen LogP contribution in [0.2, 0.25) is 5.02 Å². The zero-order chi connectivity index (χ0) is 22.6. The van der Waals surface area contributed by atoms with Gasteiger partial charge in [-0.05, 0) is 55.0 Å². The molecule has 0 radical (unpaired) electrons. The van der Waals surface area contributed by atoms with Crippen LogP contribution in [0, 0.1) is 0 Å². The minimum absolute atomic E-state index is 0.0323. The van der Waals surface area contributed by atoms with Gasteiger partial charge in [0.05, 0.1) is 11.4 Å². The van der Waals surface area contributed by atoms with E-state index in [2.05, 4.69) is 11.9 Å². The number of aliphatic hydroxyl groups is 1. The van der Waals surface area contributed by atoms with Crippen LogP contribution in [0.4, 0.5) is 5.69 Å². The van der Waals surface area contributed by atoms with Crippen LogP contribution in [0.25, 0.3) is 0 Å². The third-order valence-electron chi connectivity index (χ3n) is 5.21. The minimum atomic E-state index is -3.84. The number of ketones is 1. The number of aliphatic imine (C=N–C) groups is 1. The number of unbranched alkanes of at least 4 members (excludes halogenated alkanes) is 3. The highest BCUT2D eigenvalue weighted by Gasteiger charge is 2.44. The number of carbonyl (C=O) groups excluding carboxylic acids is 1. The van der Waals surface area contributed by atoms with Crippen LogP contribution >= 0.6 is 11.6 Å². The van der Waals surface area contributed by atoms with Crippen molar-refractivity contribution in [2.45, 2.75) is 49.6 Å². The van der Waals surface area contributed by atoms with E-state index in [1.54, 1.807) is 41.3 Å². The molecular weight excluding hydrogens is 438 g/mol. The van der Waals surface area contributed by atoms with Crippen molar-refractivity contribution in [1.82, 2.24) is 0 Å². The molecule has 0 fully saturated rings. The summed E-state index contributed by atoms with van der Waals surface area (Å²) in [5.74, 6) is 0.0337. The van der Waals surface area contributed by atoms with E-state index in [0.717, 1.165) is 19.3 Å². The largest absolute Gasteiger partial charge is 0.362 e. The van der Waals surface area contributed by atoms with Gasteiger partial charge in [0.25, 0.3) is 0 Å². The smallest absolute Gasteiger partial charge is 0.238 e. The second-order valence-electron chi connectivity index (χ2n) is 7.62. The number of hydrogen-bond donors (Lipinski definition) is 2. The molecule has 9 heteroatoms. The Bertz CT molecular complexity index is 1070. The molecule has 2 aromatic carbocycles. The van der Waals surface area contributed by atoms with Gasteiger partial charge in [0.15, 0.2) is 5.78 Å². The molecule has 166 valence electrons. The average Bonchev–Trinajstić information content (AvgIpc) is 3.10. The topological polar surface area (TPSA) is 113 Å². The molecule has 0 spiro atoms. The van der Waals surface area contributed by atoms with Crippen molar-refractivity contribution < 1.29 is 18.3 Å². The zero-order valence-corrected chi connectivity index (χ0v) is 18.9. The lowest BCUT2D eigenvalue weighted by atomic mass is 10.0. The maximum Gasteiger partial charge on any atom is 0.238 e. The van der Waals surface area contributed by atoms with E-state index in [4.69, 9.17) is 16.7 Å². The first-order valence-corrected chi connectivity index (χ1v) is 12.1. The summed E-state index contributed by atoms with van der Waals surface area (Å²) >= 11 is 6.00. The van der Waals surface area contributed by atoms with E-state index in [-0.39, 0.29) is 23.6 Å². The number of anilines is 1. The highest BCUT2D eigenvalue weighted by atomic mass is 35.5. The van der Waals surface area contributed by atoms with Gasteiger partial charge in [-0.15, -0.1) is 0 Å². The second kappa shape index (κ2) is 9.48. The summed E-state index contributed by atoms with van der Waals surface area (Å²) in [4.78, 5) is 18.9. The first kappa shape index (κ1) is 23.4. The number of primary sulfonamides is 1. The number of benzene rings is 2. The number of nitrogens with two attached hydrogens (primary N) is 1. The van der Waals surface area contributed by atoms with Crippen LogP contribution in [0.5, 0.6) is 0 Å². The van der Waals surface area contributed by atoms with Crippen LogP contribution in [-0.2, 0) is 14.8 Å². The average molecular weight is 464 g/mol. The highest BCUT2D eigenvalue weighted by Crippen LogP contribution is 2.31. The molecule has 1 aliphatic rings. The van der Waals surface area contributed by atoms with Crippen molar-refractivity contribution in [3.63, 3.8) is 0 Å². The number of nitrogens with zero attached hydrogens (tertiary/aromatic N) is 2. The first-order valence-electron chi connectivity index (χ1n) is 10.2. The van der Waals surface area contributed by atoms with Crippen LogP contribution in [0.3, 0.4) is 0 Å². The Morgan fingerprint density at radius 1 is 1.13 bits per heavy atom. The highest BCUT2D eigenvalue weighted by molar-refractivity contribution is 7.89. The van der Waals surface area contributed by atoms with Crippen molar-refractivity contribution >= 4 is 38.9 Å². The quantitative estimate of drug-likeness (QED) is 0.552. The molecule has 2 aromatic rings. The lowest BCUT2D eigenvalue weighted by molar-refractivity contribution is -0.135. The molecule has 0 bridgehead atoms. The van der Waals surface area contributed by atoms with Crippen molar-refractivity contribution in [3.8, 4) is 0 Å². The SMILES string of the molecule is CCCCCCC(=O)C1(O)CN(c2ccc(Cl)cc2)C(c2ccc(S(N)(=O)=O)cc2)=N1. The summed E-state index contributed by atoms with van der Waals surface area (Å²) in [6.07, 6.45) is 3.95. The fourth-order valence-electron chi connectivity index (χ4n) is 3.48. The summed E-state index contributed by atoms with van der Waals surface area (Å²) in [6.45, 7) is 2.06. The zero-order valence-electron chi connectivity index (χ0n) is 17.3. The predicted molar refractivity (Wildman–Crippen MR) is 122 cm³/mol. The van der Waals surface area contributed by atoms with Gasteiger partial charge in [0.2, 0.25) is 15.7 Å². The Balaban J connectivity index is 1.94. The number of hydrogen-bond acceptors (Lipinski definition) is 6. The van der Waals surface area contributed by atoms with Gasteiger partial charge in [-0.2, -0.15) is 0 Å². The first-order chi connectivity index (χ1) is 14.6. The number of halogens is 1.